The van der Waals surface area contributed by atoms with Gasteiger partial charge in [-0.1, -0.05) is 32.1 Å². The number of nitrogens with one attached hydrogen (secondary N) is 2. The second kappa shape index (κ2) is 5.39. The molecule has 0 saturated carbocycles. The molecule has 0 aromatic carbocycles. The lowest BCUT2D eigenvalue weighted by Gasteiger charge is -2.13. The van der Waals surface area contributed by atoms with Crippen LogP contribution in [-0.2, 0) is 11.8 Å². The van der Waals surface area contributed by atoms with E-state index in [0.29, 0.717) is 0 Å². The van der Waals surface area contributed by atoms with Crippen LogP contribution >= 0.6 is 11.3 Å². The van der Waals surface area contributed by atoms with Crippen LogP contribution in [-0.4, -0.2) is 30.8 Å². The van der Waals surface area contributed by atoms with Crippen LogP contribution in [0.4, 0.5) is 5.13 Å². The molecule has 0 saturated heterocycles. The average Bonchev–Trinajstić information content (AvgIpc) is 3.02. The predicted molar refractivity (Wildman–Crippen MR) is 89.7 cm³/mol. The van der Waals surface area contributed by atoms with Gasteiger partial charge >= 0.3 is 0 Å². The van der Waals surface area contributed by atoms with Crippen LogP contribution in [0.3, 0.4) is 0 Å². The van der Waals surface area contributed by atoms with Gasteiger partial charge in [-0.3, -0.25) is 5.10 Å². The molecule has 0 fully saturated rings. The highest BCUT2D eigenvalue weighted by Crippen LogP contribution is 2.26. The molecule has 0 aliphatic heterocycles. The molecule has 0 aliphatic carbocycles. The number of aromatic nitrogens is 5. The summed E-state index contributed by atoms with van der Waals surface area (Å²) in [5.74, 6) is 0. The second-order valence-electron chi connectivity index (χ2n) is 6.80. The summed E-state index contributed by atoms with van der Waals surface area (Å²) in [5, 5.41) is 16.1. The number of hydrogen-bond acceptors (Lipinski definition) is 5. The number of aryl methyl sites for hydroxylation is 1. The van der Waals surface area contributed by atoms with Crippen molar-refractivity contribution in [3.63, 3.8) is 0 Å². The van der Waals surface area contributed by atoms with E-state index in [0.717, 1.165) is 33.6 Å². The Kier molecular flexibility index (Phi) is 3.68. The van der Waals surface area contributed by atoms with Gasteiger partial charge in [0.15, 0.2) is 0 Å². The summed E-state index contributed by atoms with van der Waals surface area (Å²) in [7, 11) is 0. The van der Waals surface area contributed by atoms with Crippen LogP contribution in [0.1, 0.15) is 44.8 Å². The fourth-order valence-corrected chi connectivity index (χ4v) is 3.17. The molecular formula is C15H22N6S. The van der Waals surface area contributed by atoms with E-state index in [1.165, 1.54) is 0 Å². The molecule has 3 heterocycles. The average molecular weight is 318 g/mol. The van der Waals surface area contributed by atoms with Crippen LogP contribution in [0.25, 0.3) is 4.96 Å². The van der Waals surface area contributed by atoms with Gasteiger partial charge in [0.1, 0.15) is 0 Å². The van der Waals surface area contributed by atoms with Gasteiger partial charge in [-0.15, -0.1) is 5.10 Å². The van der Waals surface area contributed by atoms with E-state index in [1.807, 2.05) is 17.6 Å². The van der Waals surface area contributed by atoms with Crippen LogP contribution in [0, 0.1) is 6.92 Å². The molecule has 6 nitrogen and oxygen atoms in total. The molecule has 0 radical (unpaired) electrons. The molecule has 2 N–H and O–H groups in total. The van der Waals surface area contributed by atoms with Crippen molar-refractivity contribution in [1.82, 2.24) is 24.8 Å². The highest BCUT2D eigenvalue weighted by molar-refractivity contribution is 7.20. The van der Waals surface area contributed by atoms with Crippen LogP contribution < -0.4 is 5.32 Å². The lowest BCUT2D eigenvalue weighted by molar-refractivity contribution is 0.572. The Labute approximate surface area is 134 Å². The zero-order valence-electron chi connectivity index (χ0n) is 13.6. The van der Waals surface area contributed by atoms with Crippen molar-refractivity contribution in [1.29, 1.82) is 0 Å². The van der Waals surface area contributed by atoms with E-state index in [1.54, 1.807) is 11.3 Å². The molecule has 22 heavy (non-hydrogen) atoms. The minimum atomic E-state index is 0.0477. The van der Waals surface area contributed by atoms with E-state index < -0.39 is 0 Å². The fraction of sp³-hybridized carbons (Fsp3) is 0.533. The Hall–Kier alpha value is -1.89. The maximum atomic E-state index is 4.66. The Bertz CT molecular complexity index is 744. The quantitative estimate of drug-likeness (QED) is 0.775. The minimum absolute atomic E-state index is 0.0477. The maximum Gasteiger partial charge on any atom is 0.214 e. The number of hydrogen-bond donors (Lipinski definition) is 2. The topological polar surface area (TPSA) is 70.9 Å². The minimum Gasteiger partial charge on any atom is -0.357 e. The van der Waals surface area contributed by atoms with Crippen molar-refractivity contribution in [2.24, 2.45) is 0 Å². The standard InChI is InChI=1S/C15H22N6S/c1-9(6-11-7-10(2)18-19-11)16-13-20-21-8-12(15(3,4)5)17-14(21)22-13/h7-9H,6H2,1-5H3,(H,16,20)(H,18,19). The van der Waals surface area contributed by atoms with Gasteiger partial charge in [-0.25, -0.2) is 9.50 Å². The van der Waals surface area contributed by atoms with Gasteiger partial charge in [-0.05, 0) is 19.9 Å². The number of imidazole rings is 1. The fourth-order valence-electron chi connectivity index (χ4n) is 2.27. The molecule has 0 spiro atoms. The summed E-state index contributed by atoms with van der Waals surface area (Å²) in [6, 6.07) is 2.34. The Morgan fingerprint density at radius 2 is 2.18 bits per heavy atom. The summed E-state index contributed by atoms with van der Waals surface area (Å²) in [6.45, 7) is 10.6. The molecular weight excluding hydrogens is 296 g/mol. The number of anilines is 1. The summed E-state index contributed by atoms with van der Waals surface area (Å²) in [4.78, 5) is 5.59. The lowest BCUT2D eigenvalue weighted by atomic mass is 9.93. The third-order valence-electron chi connectivity index (χ3n) is 3.46. The molecule has 1 atom stereocenters. The zero-order chi connectivity index (χ0) is 15.9. The highest BCUT2D eigenvalue weighted by atomic mass is 32.1. The number of aromatic amines is 1. The number of rotatable bonds is 4. The van der Waals surface area contributed by atoms with Crippen molar-refractivity contribution in [3.05, 3.63) is 29.3 Å². The second-order valence-corrected chi connectivity index (χ2v) is 7.76. The summed E-state index contributed by atoms with van der Waals surface area (Å²) in [5.41, 5.74) is 3.27. The first-order valence-electron chi connectivity index (χ1n) is 7.45. The SMILES string of the molecule is Cc1cc(CC(C)Nc2nn3cc(C(C)(C)C)nc3s2)n[nH]1. The predicted octanol–water partition coefficient (Wildman–Crippen LogP) is 3.16. The Balaban J connectivity index is 1.70. The Morgan fingerprint density at radius 3 is 2.77 bits per heavy atom. The third-order valence-corrected chi connectivity index (χ3v) is 4.31. The van der Waals surface area contributed by atoms with Crippen molar-refractivity contribution < 1.29 is 0 Å². The van der Waals surface area contributed by atoms with Crippen molar-refractivity contribution in [2.75, 3.05) is 5.32 Å². The summed E-state index contributed by atoms with van der Waals surface area (Å²) >= 11 is 1.58. The molecule has 3 aromatic rings. The van der Waals surface area contributed by atoms with Crippen molar-refractivity contribution in [3.8, 4) is 0 Å². The third kappa shape index (κ3) is 3.14. The zero-order valence-corrected chi connectivity index (χ0v) is 14.5. The summed E-state index contributed by atoms with van der Waals surface area (Å²) in [6.07, 6.45) is 2.87. The summed E-state index contributed by atoms with van der Waals surface area (Å²) < 4.78 is 1.86. The van der Waals surface area contributed by atoms with Crippen LogP contribution in [0.15, 0.2) is 12.3 Å². The molecule has 0 bridgehead atoms. The highest BCUT2D eigenvalue weighted by Gasteiger charge is 2.19. The van der Waals surface area contributed by atoms with Crippen molar-refractivity contribution in [2.45, 2.75) is 52.5 Å². The lowest BCUT2D eigenvalue weighted by Crippen LogP contribution is -2.18. The first-order chi connectivity index (χ1) is 10.3. The molecule has 1 unspecified atom stereocenters. The molecule has 0 aliphatic rings. The van der Waals surface area contributed by atoms with E-state index in [-0.39, 0.29) is 11.5 Å². The molecule has 7 heteroatoms. The van der Waals surface area contributed by atoms with Crippen LogP contribution in [0.5, 0.6) is 0 Å². The van der Waals surface area contributed by atoms with Gasteiger partial charge in [0.25, 0.3) is 0 Å². The van der Waals surface area contributed by atoms with E-state index in [4.69, 9.17) is 0 Å². The molecule has 0 amide bonds. The first-order valence-corrected chi connectivity index (χ1v) is 8.27. The Morgan fingerprint density at radius 1 is 1.41 bits per heavy atom. The first kappa shape index (κ1) is 15.0. The van der Waals surface area contributed by atoms with E-state index in [9.17, 15) is 0 Å². The van der Waals surface area contributed by atoms with Gasteiger partial charge < -0.3 is 5.32 Å². The van der Waals surface area contributed by atoms with Gasteiger partial charge in [0.05, 0.1) is 17.6 Å². The normalized spacial score (nSPS) is 13.7. The number of nitrogens with zero attached hydrogens (tertiary/aromatic N) is 4. The molecule has 3 rings (SSSR count). The van der Waals surface area contributed by atoms with Crippen LogP contribution in [0.2, 0.25) is 0 Å². The van der Waals surface area contributed by atoms with E-state index in [2.05, 4.69) is 59.4 Å². The maximum absolute atomic E-state index is 4.66. The largest absolute Gasteiger partial charge is 0.357 e. The number of fused-ring (bicyclic) bond motifs is 1. The number of H-pyrrole nitrogens is 1. The smallest absolute Gasteiger partial charge is 0.214 e. The van der Waals surface area contributed by atoms with Gasteiger partial charge in [-0.2, -0.15) is 5.10 Å². The molecule has 118 valence electrons. The monoisotopic (exact) mass is 318 g/mol. The van der Waals surface area contributed by atoms with Gasteiger partial charge in [0.2, 0.25) is 10.1 Å². The molecule has 3 aromatic heterocycles. The van der Waals surface area contributed by atoms with Gasteiger partial charge in [0, 0.05) is 23.6 Å². The van der Waals surface area contributed by atoms with E-state index >= 15 is 0 Å². The van der Waals surface area contributed by atoms with Crippen molar-refractivity contribution >= 4 is 21.4 Å².